The van der Waals surface area contributed by atoms with Crippen molar-refractivity contribution in [2.75, 3.05) is 17.2 Å². The summed E-state index contributed by atoms with van der Waals surface area (Å²) in [5.74, 6) is -0.609. The number of anilines is 2. The Morgan fingerprint density at radius 2 is 1.81 bits per heavy atom. The van der Waals surface area contributed by atoms with Crippen molar-refractivity contribution in [3.63, 3.8) is 0 Å². The number of rotatable bonds is 5. The number of hydrogen-bond acceptors (Lipinski definition) is 4. The van der Waals surface area contributed by atoms with Crippen LogP contribution in [0.15, 0.2) is 54.6 Å². The summed E-state index contributed by atoms with van der Waals surface area (Å²) in [6.07, 6.45) is 0. The van der Waals surface area contributed by atoms with Gasteiger partial charge >= 0.3 is 12.0 Å². The molecule has 7 nitrogen and oxygen atoms in total. The molecule has 0 atom stereocenters. The molecule has 0 aliphatic rings. The highest BCUT2D eigenvalue weighted by atomic mass is 19.1. The van der Waals surface area contributed by atoms with E-state index in [1.807, 2.05) is 20.8 Å². The van der Waals surface area contributed by atoms with E-state index >= 15 is 0 Å². The second-order valence-corrected chi connectivity index (χ2v) is 7.91. The number of carbonyl (C=O) groups is 2. The molecule has 1 heterocycles. The second kappa shape index (κ2) is 8.99. The molecule has 3 aromatic rings. The number of para-hydroxylation sites is 1. The summed E-state index contributed by atoms with van der Waals surface area (Å²) in [5.41, 5.74) is 1.44. The number of esters is 1. The van der Waals surface area contributed by atoms with Crippen LogP contribution in [-0.2, 0) is 10.2 Å². The summed E-state index contributed by atoms with van der Waals surface area (Å²) in [6, 6.07) is 13.8. The normalized spacial score (nSPS) is 11.1. The van der Waals surface area contributed by atoms with Gasteiger partial charge in [-0.3, -0.25) is 5.32 Å². The third kappa shape index (κ3) is 5.28. The fourth-order valence-electron chi connectivity index (χ4n) is 2.84. The van der Waals surface area contributed by atoms with Gasteiger partial charge in [0.25, 0.3) is 0 Å². The number of halogens is 1. The Morgan fingerprint density at radius 3 is 2.48 bits per heavy atom. The quantitative estimate of drug-likeness (QED) is 0.556. The van der Waals surface area contributed by atoms with Gasteiger partial charge in [0.2, 0.25) is 0 Å². The third-order valence-electron chi connectivity index (χ3n) is 4.44. The van der Waals surface area contributed by atoms with Gasteiger partial charge in [-0.05, 0) is 37.3 Å². The molecular formula is C23H25FN4O3. The van der Waals surface area contributed by atoms with Gasteiger partial charge in [0, 0.05) is 11.5 Å². The molecule has 3 rings (SSSR count). The number of amides is 2. The minimum atomic E-state index is -0.617. The van der Waals surface area contributed by atoms with Crippen LogP contribution in [0.4, 0.5) is 20.7 Å². The molecule has 1 aromatic heterocycles. The van der Waals surface area contributed by atoms with E-state index in [9.17, 15) is 14.0 Å². The number of hydrogen-bond donors (Lipinski definition) is 2. The first kappa shape index (κ1) is 22.0. The van der Waals surface area contributed by atoms with Crippen molar-refractivity contribution in [1.29, 1.82) is 0 Å². The van der Waals surface area contributed by atoms with E-state index in [0.717, 1.165) is 5.69 Å². The van der Waals surface area contributed by atoms with E-state index in [4.69, 9.17) is 4.74 Å². The van der Waals surface area contributed by atoms with E-state index in [-0.39, 0.29) is 17.7 Å². The van der Waals surface area contributed by atoms with Gasteiger partial charge in [-0.15, -0.1) is 0 Å². The molecule has 0 saturated carbocycles. The summed E-state index contributed by atoms with van der Waals surface area (Å²) in [6.45, 7) is 8.00. The Balaban J connectivity index is 1.95. The average Bonchev–Trinajstić information content (AvgIpc) is 3.14. The van der Waals surface area contributed by atoms with Crippen LogP contribution in [-0.4, -0.2) is 28.4 Å². The van der Waals surface area contributed by atoms with Gasteiger partial charge < -0.3 is 10.1 Å². The summed E-state index contributed by atoms with van der Waals surface area (Å²) in [4.78, 5) is 24.7. The van der Waals surface area contributed by atoms with Gasteiger partial charge in [0.15, 0.2) is 0 Å². The Labute approximate surface area is 180 Å². The zero-order valence-electron chi connectivity index (χ0n) is 17.9. The Hall–Kier alpha value is -3.68. The largest absolute Gasteiger partial charge is 0.462 e. The number of ether oxygens (including phenoxy) is 1. The van der Waals surface area contributed by atoms with Crippen molar-refractivity contribution < 1.29 is 18.7 Å². The van der Waals surface area contributed by atoms with Crippen molar-refractivity contribution in [1.82, 2.24) is 9.78 Å². The number of nitrogens with zero attached hydrogens (tertiary/aromatic N) is 2. The summed E-state index contributed by atoms with van der Waals surface area (Å²) >= 11 is 0. The van der Waals surface area contributed by atoms with Gasteiger partial charge in [-0.25, -0.2) is 18.7 Å². The van der Waals surface area contributed by atoms with Crippen molar-refractivity contribution in [3.8, 4) is 5.69 Å². The molecule has 0 aliphatic carbocycles. The highest BCUT2D eigenvalue weighted by Gasteiger charge is 2.22. The molecule has 2 aromatic carbocycles. The molecule has 8 heteroatoms. The van der Waals surface area contributed by atoms with E-state index in [1.54, 1.807) is 49.4 Å². The lowest BCUT2D eigenvalue weighted by Gasteiger charge is -2.14. The Kier molecular flexibility index (Phi) is 6.39. The van der Waals surface area contributed by atoms with E-state index in [1.165, 1.54) is 16.8 Å². The monoisotopic (exact) mass is 424 g/mol. The van der Waals surface area contributed by atoms with E-state index < -0.39 is 17.8 Å². The maximum Gasteiger partial charge on any atom is 0.338 e. The van der Waals surface area contributed by atoms with Crippen LogP contribution < -0.4 is 10.6 Å². The number of benzene rings is 2. The lowest BCUT2D eigenvalue weighted by Crippen LogP contribution is -2.22. The summed E-state index contributed by atoms with van der Waals surface area (Å²) in [5, 5.41) is 9.83. The van der Waals surface area contributed by atoms with Crippen LogP contribution in [0.5, 0.6) is 0 Å². The summed E-state index contributed by atoms with van der Waals surface area (Å²) in [7, 11) is 0. The standard InChI is InChI=1S/C23H25FN4O3/c1-5-31-21(29)15-9-8-10-16(13-15)28-20(14-19(27-28)23(2,3)4)26-22(30)25-18-12-7-6-11-17(18)24/h6-14H,5H2,1-4H3,(H2,25,26,30). The number of nitrogens with one attached hydrogen (secondary N) is 2. The van der Waals surface area contributed by atoms with Gasteiger partial charge in [0.1, 0.15) is 11.6 Å². The molecule has 0 unspecified atom stereocenters. The number of carbonyl (C=O) groups excluding carboxylic acids is 2. The Morgan fingerprint density at radius 1 is 1.06 bits per heavy atom. The molecule has 162 valence electrons. The molecule has 2 amide bonds. The van der Waals surface area contributed by atoms with Crippen LogP contribution in [0.3, 0.4) is 0 Å². The van der Waals surface area contributed by atoms with Crippen molar-refractivity contribution in [2.24, 2.45) is 0 Å². The zero-order valence-corrected chi connectivity index (χ0v) is 17.9. The second-order valence-electron chi connectivity index (χ2n) is 7.91. The van der Waals surface area contributed by atoms with Gasteiger partial charge in [-0.2, -0.15) is 5.10 Å². The van der Waals surface area contributed by atoms with Crippen molar-refractivity contribution in [3.05, 3.63) is 71.7 Å². The molecule has 0 spiro atoms. The van der Waals surface area contributed by atoms with Crippen molar-refractivity contribution in [2.45, 2.75) is 33.1 Å². The van der Waals surface area contributed by atoms with Gasteiger partial charge in [0.05, 0.1) is 29.2 Å². The predicted molar refractivity (Wildman–Crippen MR) is 117 cm³/mol. The van der Waals surface area contributed by atoms with Crippen LogP contribution >= 0.6 is 0 Å². The first-order chi connectivity index (χ1) is 14.7. The van der Waals surface area contributed by atoms with Crippen LogP contribution in [0.1, 0.15) is 43.7 Å². The maximum absolute atomic E-state index is 13.9. The van der Waals surface area contributed by atoms with Gasteiger partial charge in [-0.1, -0.05) is 39.0 Å². The maximum atomic E-state index is 13.9. The highest BCUT2D eigenvalue weighted by molar-refractivity contribution is 5.99. The topological polar surface area (TPSA) is 85.2 Å². The molecule has 0 fully saturated rings. The third-order valence-corrected chi connectivity index (χ3v) is 4.44. The average molecular weight is 424 g/mol. The SMILES string of the molecule is CCOC(=O)c1cccc(-n2nc(C(C)(C)C)cc2NC(=O)Nc2ccccc2F)c1. The molecule has 0 aliphatic heterocycles. The molecule has 0 radical (unpaired) electrons. The lowest BCUT2D eigenvalue weighted by atomic mass is 9.92. The molecule has 0 saturated heterocycles. The lowest BCUT2D eigenvalue weighted by molar-refractivity contribution is 0.0526. The van der Waals surface area contributed by atoms with Crippen LogP contribution in [0.2, 0.25) is 0 Å². The van der Waals surface area contributed by atoms with E-state index in [2.05, 4.69) is 15.7 Å². The number of aromatic nitrogens is 2. The first-order valence-electron chi connectivity index (χ1n) is 9.89. The minimum Gasteiger partial charge on any atom is -0.462 e. The first-order valence-corrected chi connectivity index (χ1v) is 9.89. The van der Waals surface area contributed by atoms with Crippen molar-refractivity contribution >= 4 is 23.5 Å². The molecular weight excluding hydrogens is 399 g/mol. The molecule has 31 heavy (non-hydrogen) atoms. The minimum absolute atomic E-state index is 0.0615. The summed E-state index contributed by atoms with van der Waals surface area (Å²) < 4.78 is 20.5. The number of urea groups is 1. The smallest absolute Gasteiger partial charge is 0.338 e. The zero-order chi connectivity index (χ0) is 22.6. The molecule has 2 N–H and O–H groups in total. The highest BCUT2D eigenvalue weighted by Crippen LogP contribution is 2.27. The van der Waals surface area contributed by atoms with Crippen LogP contribution in [0, 0.1) is 5.82 Å². The Bertz CT molecular complexity index is 1100. The fourth-order valence-corrected chi connectivity index (χ4v) is 2.84. The molecule has 0 bridgehead atoms. The predicted octanol–water partition coefficient (Wildman–Crippen LogP) is 5.13. The van der Waals surface area contributed by atoms with Crippen LogP contribution in [0.25, 0.3) is 5.69 Å². The fraction of sp³-hybridized carbons (Fsp3) is 0.261. The van der Waals surface area contributed by atoms with E-state index in [0.29, 0.717) is 17.1 Å².